The second kappa shape index (κ2) is 14.3. The molecule has 47 heavy (non-hydrogen) atoms. The SMILES string of the molecule is CCc1c(Cc2[nH]c(Cc3[nH]c(C(=O)OCc4ccccc4)c(C)c3CC)c3c2CCCC3)[nH]c(C(=O)OCc2ccccc2)c1C. The summed E-state index contributed by atoms with van der Waals surface area (Å²) in [5, 5.41) is 0. The van der Waals surface area contributed by atoms with Crippen molar-refractivity contribution in [3.63, 3.8) is 0 Å². The number of aromatic nitrogens is 3. The first-order valence-electron chi connectivity index (χ1n) is 16.9. The van der Waals surface area contributed by atoms with E-state index in [0.29, 0.717) is 24.2 Å². The minimum atomic E-state index is -0.325. The van der Waals surface area contributed by atoms with Gasteiger partial charge in [-0.2, -0.15) is 0 Å². The molecular formula is C40H45N3O4. The molecule has 0 fully saturated rings. The zero-order valence-corrected chi connectivity index (χ0v) is 28.0. The molecule has 3 heterocycles. The van der Waals surface area contributed by atoms with E-state index in [-0.39, 0.29) is 25.2 Å². The van der Waals surface area contributed by atoms with Gasteiger partial charge in [-0.05, 0) is 96.9 Å². The van der Waals surface area contributed by atoms with Gasteiger partial charge in [0.15, 0.2) is 0 Å². The van der Waals surface area contributed by atoms with Crippen molar-refractivity contribution in [3.8, 4) is 0 Å². The number of benzene rings is 2. The second-order valence-corrected chi connectivity index (χ2v) is 12.6. The first kappa shape index (κ1) is 32.2. The van der Waals surface area contributed by atoms with Crippen LogP contribution in [0.25, 0.3) is 0 Å². The summed E-state index contributed by atoms with van der Waals surface area (Å²) in [4.78, 5) is 37.1. The number of nitrogens with one attached hydrogen (secondary N) is 3. The second-order valence-electron chi connectivity index (χ2n) is 12.6. The fraction of sp³-hybridized carbons (Fsp3) is 0.350. The Morgan fingerprint density at radius 2 is 1.00 bits per heavy atom. The highest BCUT2D eigenvalue weighted by atomic mass is 16.5. The number of esters is 2. The predicted octanol–water partition coefficient (Wildman–Crippen LogP) is 8.19. The Balaban J connectivity index is 1.24. The van der Waals surface area contributed by atoms with Gasteiger partial charge in [0.25, 0.3) is 0 Å². The van der Waals surface area contributed by atoms with E-state index < -0.39 is 0 Å². The Labute approximate surface area is 277 Å². The van der Waals surface area contributed by atoms with Crippen LogP contribution >= 0.6 is 0 Å². The van der Waals surface area contributed by atoms with Crippen LogP contribution in [0.1, 0.15) is 115 Å². The Kier molecular flexibility index (Phi) is 9.81. The first-order valence-corrected chi connectivity index (χ1v) is 16.9. The fourth-order valence-electron chi connectivity index (χ4n) is 7.21. The number of fused-ring (bicyclic) bond motifs is 1. The van der Waals surface area contributed by atoms with Crippen molar-refractivity contribution in [2.75, 3.05) is 0 Å². The molecule has 6 rings (SSSR count). The van der Waals surface area contributed by atoms with Crippen molar-refractivity contribution in [2.45, 2.75) is 92.3 Å². The molecule has 1 aliphatic rings. The minimum Gasteiger partial charge on any atom is -0.456 e. The molecule has 3 N–H and O–H groups in total. The van der Waals surface area contributed by atoms with Crippen LogP contribution in [-0.2, 0) is 61.2 Å². The summed E-state index contributed by atoms with van der Waals surface area (Å²) in [6.45, 7) is 8.78. The Hall–Kier alpha value is -4.78. The average molecular weight is 632 g/mol. The molecular weight excluding hydrogens is 586 g/mol. The molecule has 3 aromatic heterocycles. The maximum atomic E-state index is 13.2. The molecule has 0 bridgehead atoms. The van der Waals surface area contributed by atoms with Gasteiger partial charge in [-0.15, -0.1) is 0 Å². The molecule has 0 unspecified atom stereocenters. The van der Waals surface area contributed by atoms with Crippen LogP contribution in [-0.4, -0.2) is 26.9 Å². The van der Waals surface area contributed by atoms with Gasteiger partial charge in [0, 0.05) is 35.6 Å². The zero-order valence-electron chi connectivity index (χ0n) is 28.0. The van der Waals surface area contributed by atoms with Gasteiger partial charge in [0.1, 0.15) is 24.6 Å². The van der Waals surface area contributed by atoms with Crippen LogP contribution in [0.5, 0.6) is 0 Å². The number of rotatable bonds is 12. The summed E-state index contributed by atoms with van der Waals surface area (Å²) in [6, 6.07) is 19.5. The van der Waals surface area contributed by atoms with Gasteiger partial charge in [0.05, 0.1) is 0 Å². The van der Waals surface area contributed by atoms with Gasteiger partial charge in [-0.25, -0.2) is 9.59 Å². The molecule has 0 radical (unpaired) electrons. The van der Waals surface area contributed by atoms with Crippen LogP contribution in [0.15, 0.2) is 60.7 Å². The molecule has 2 aromatic carbocycles. The molecule has 0 aliphatic heterocycles. The normalized spacial score (nSPS) is 12.6. The van der Waals surface area contributed by atoms with Crippen LogP contribution in [0.3, 0.4) is 0 Å². The van der Waals surface area contributed by atoms with E-state index in [2.05, 4.69) is 28.8 Å². The van der Waals surface area contributed by atoms with E-state index in [1.165, 1.54) is 33.6 Å². The first-order chi connectivity index (χ1) is 22.9. The summed E-state index contributed by atoms with van der Waals surface area (Å²) in [5.41, 5.74) is 14.6. The predicted molar refractivity (Wildman–Crippen MR) is 184 cm³/mol. The smallest absolute Gasteiger partial charge is 0.355 e. The highest BCUT2D eigenvalue weighted by molar-refractivity contribution is 5.90. The highest BCUT2D eigenvalue weighted by Crippen LogP contribution is 2.33. The largest absolute Gasteiger partial charge is 0.456 e. The van der Waals surface area contributed by atoms with Gasteiger partial charge in [0.2, 0.25) is 0 Å². The summed E-state index contributed by atoms with van der Waals surface area (Å²) >= 11 is 0. The van der Waals surface area contributed by atoms with Crippen LogP contribution in [0.2, 0.25) is 0 Å². The number of H-pyrrole nitrogens is 3. The molecule has 0 spiro atoms. The van der Waals surface area contributed by atoms with Crippen molar-refractivity contribution in [1.29, 1.82) is 0 Å². The number of hydrogen-bond donors (Lipinski definition) is 3. The molecule has 244 valence electrons. The number of carbonyl (C=O) groups excluding carboxylic acids is 2. The van der Waals surface area contributed by atoms with Crippen LogP contribution < -0.4 is 0 Å². The van der Waals surface area contributed by atoms with E-state index in [0.717, 1.165) is 72.2 Å². The average Bonchev–Trinajstić information content (AvgIpc) is 3.73. The summed E-state index contributed by atoms with van der Waals surface area (Å²) < 4.78 is 11.4. The summed E-state index contributed by atoms with van der Waals surface area (Å²) in [5.74, 6) is -0.650. The van der Waals surface area contributed by atoms with E-state index in [1.54, 1.807) is 0 Å². The van der Waals surface area contributed by atoms with E-state index in [9.17, 15) is 9.59 Å². The van der Waals surface area contributed by atoms with Crippen molar-refractivity contribution < 1.29 is 19.1 Å². The molecule has 7 nitrogen and oxygen atoms in total. The van der Waals surface area contributed by atoms with Crippen molar-refractivity contribution in [3.05, 3.63) is 139 Å². The standard InChI is InChI=1S/C40H45N3O4/c1-5-29-25(3)37(39(44)46-23-27-15-9-7-10-16-27)42-33(29)21-35-31-19-13-14-20-32(31)36(41-35)22-34-30(6-2)26(4)38(43-34)40(45)47-24-28-17-11-8-12-18-28/h7-12,15-18,41-43H,5-6,13-14,19-24H2,1-4H3. The number of ether oxygens (including phenoxy) is 2. The third kappa shape index (κ3) is 6.85. The monoisotopic (exact) mass is 631 g/mol. The Morgan fingerprint density at radius 1 is 0.596 bits per heavy atom. The minimum absolute atomic E-state index is 0.243. The fourth-order valence-corrected chi connectivity index (χ4v) is 7.21. The van der Waals surface area contributed by atoms with Gasteiger partial charge >= 0.3 is 11.9 Å². The quantitative estimate of drug-likeness (QED) is 0.121. The molecule has 7 heteroatoms. The highest BCUT2D eigenvalue weighted by Gasteiger charge is 2.26. The molecule has 0 saturated carbocycles. The maximum Gasteiger partial charge on any atom is 0.355 e. The number of carbonyl (C=O) groups is 2. The third-order valence-electron chi connectivity index (χ3n) is 9.68. The summed E-state index contributed by atoms with van der Waals surface area (Å²) in [7, 11) is 0. The third-order valence-corrected chi connectivity index (χ3v) is 9.68. The molecule has 0 saturated heterocycles. The van der Waals surface area contributed by atoms with E-state index in [1.807, 2.05) is 74.5 Å². The number of aromatic amines is 3. The van der Waals surface area contributed by atoms with Crippen molar-refractivity contribution >= 4 is 11.9 Å². The van der Waals surface area contributed by atoms with E-state index in [4.69, 9.17) is 9.47 Å². The van der Waals surface area contributed by atoms with Gasteiger partial charge in [-0.1, -0.05) is 74.5 Å². The molecule has 0 atom stereocenters. The van der Waals surface area contributed by atoms with Crippen LogP contribution in [0, 0.1) is 13.8 Å². The zero-order chi connectivity index (χ0) is 32.9. The molecule has 5 aromatic rings. The van der Waals surface area contributed by atoms with E-state index >= 15 is 0 Å². The molecule has 0 amide bonds. The lowest BCUT2D eigenvalue weighted by molar-refractivity contribution is 0.0457. The van der Waals surface area contributed by atoms with Crippen molar-refractivity contribution in [1.82, 2.24) is 15.0 Å². The Morgan fingerprint density at radius 3 is 1.38 bits per heavy atom. The van der Waals surface area contributed by atoms with Crippen molar-refractivity contribution in [2.24, 2.45) is 0 Å². The summed E-state index contributed by atoms with van der Waals surface area (Å²) in [6.07, 6.45) is 7.44. The van der Waals surface area contributed by atoms with Gasteiger partial charge < -0.3 is 24.4 Å². The van der Waals surface area contributed by atoms with Gasteiger partial charge in [-0.3, -0.25) is 0 Å². The topological polar surface area (TPSA) is 100.0 Å². The Bertz CT molecular complexity index is 1730. The van der Waals surface area contributed by atoms with Crippen LogP contribution in [0.4, 0.5) is 0 Å². The lowest BCUT2D eigenvalue weighted by atomic mass is 9.90. The molecule has 1 aliphatic carbocycles. The lowest BCUT2D eigenvalue weighted by Gasteiger charge is -2.14. The lowest BCUT2D eigenvalue weighted by Crippen LogP contribution is -2.07. The maximum absolute atomic E-state index is 13.2. The number of hydrogen-bond acceptors (Lipinski definition) is 4.